The lowest BCUT2D eigenvalue weighted by Crippen LogP contribution is -2.35. The van der Waals surface area contributed by atoms with Crippen molar-refractivity contribution >= 4 is 5.91 Å². The first-order chi connectivity index (χ1) is 8.24. The quantitative estimate of drug-likeness (QED) is 0.707. The number of carbonyl (C=O) groups is 1. The molecule has 4 nitrogen and oxygen atoms in total. The number of nitrogens with zero attached hydrogens (tertiary/aromatic N) is 1. The molecule has 1 aromatic heterocycles. The molecule has 0 unspecified atom stereocenters. The minimum atomic E-state index is 0.0550. The SMILES string of the molecule is CCCCNC(=O)CN[C@@H](C)c1ccncc1. The number of nitrogens with one attached hydrogen (secondary N) is 2. The molecule has 0 fully saturated rings. The summed E-state index contributed by atoms with van der Waals surface area (Å²) in [4.78, 5) is 15.4. The Balaban J connectivity index is 2.24. The van der Waals surface area contributed by atoms with Crippen LogP contribution in [0, 0.1) is 0 Å². The fourth-order valence-corrected chi connectivity index (χ4v) is 1.48. The van der Waals surface area contributed by atoms with Crippen molar-refractivity contribution in [3.05, 3.63) is 30.1 Å². The van der Waals surface area contributed by atoms with Gasteiger partial charge in [0.25, 0.3) is 0 Å². The average Bonchev–Trinajstić information content (AvgIpc) is 2.37. The maximum Gasteiger partial charge on any atom is 0.233 e. The van der Waals surface area contributed by atoms with Gasteiger partial charge in [0.2, 0.25) is 5.91 Å². The molecule has 0 radical (unpaired) electrons. The van der Waals surface area contributed by atoms with Crippen molar-refractivity contribution in [1.82, 2.24) is 15.6 Å². The van der Waals surface area contributed by atoms with Crippen LogP contribution in [-0.4, -0.2) is 24.0 Å². The Hall–Kier alpha value is -1.42. The van der Waals surface area contributed by atoms with Crippen molar-refractivity contribution in [2.24, 2.45) is 0 Å². The third-order valence-corrected chi connectivity index (χ3v) is 2.63. The second kappa shape index (κ2) is 7.79. The van der Waals surface area contributed by atoms with Crippen LogP contribution >= 0.6 is 0 Å². The molecule has 0 aromatic carbocycles. The van der Waals surface area contributed by atoms with Crippen LogP contribution in [0.1, 0.15) is 38.3 Å². The van der Waals surface area contributed by atoms with Gasteiger partial charge in [-0.15, -0.1) is 0 Å². The van der Waals surface area contributed by atoms with Gasteiger partial charge in [-0.25, -0.2) is 0 Å². The fraction of sp³-hybridized carbons (Fsp3) is 0.538. The molecule has 1 rings (SSSR count). The number of unbranched alkanes of at least 4 members (excludes halogenated alkanes) is 1. The van der Waals surface area contributed by atoms with Gasteiger partial charge in [0.15, 0.2) is 0 Å². The number of aromatic nitrogens is 1. The first-order valence-electron chi connectivity index (χ1n) is 6.14. The largest absolute Gasteiger partial charge is 0.355 e. The van der Waals surface area contributed by atoms with Gasteiger partial charge >= 0.3 is 0 Å². The Morgan fingerprint density at radius 3 is 2.76 bits per heavy atom. The topological polar surface area (TPSA) is 54.0 Å². The van der Waals surface area contributed by atoms with E-state index in [4.69, 9.17) is 0 Å². The lowest BCUT2D eigenvalue weighted by Gasteiger charge is -2.13. The van der Waals surface area contributed by atoms with Crippen molar-refractivity contribution in [3.63, 3.8) is 0 Å². The number of hydrogen-bond acceptors (Lipinski definition) is 3. The zero-order chi connectivity index (χ0) is 12.5. The summed E-state index contributed by atoms with van der Waals surface area (Å²) in [5, 5.41) is 6.06. The van der Waals surface area contributed by atoms with E-state index in [1.807, 2.05) is 19.1 Å². The smallest absolute Gasteiger partial charge is 0.233 e. The van der Waals surface area contributed by atoms with Crippen molar-refractivity contribution in [3.8, 4) is 0 Å². The zero-order valence-electron chi connectivity index (χ0n) is 10.6. The Labute approximate surface area is 103 Å². The van der Waals surface area contributed by atoms with Crippen molar-refractivity contribution in [1.29, 1.82) is 0 Å². The van der Waals surface area contributed by atoms with Crippen LogP contribution < -0.4 is 10.6 Å². The van der Waals surface area contributed by atoms with Gasteiger partial charge in [-0.05, 0) is 31.0 Å². The van der Waals surface area contributed by atoms with Crippen LogP contribution in [-0.2, 0) is 4.79 Å². The molecule has 1 aromatic rings. The van der Waals surface area contributed by atoms with Gasteiger partial charge in [-0.3, -0.25) is 9.78 Å². The first kappa shape index (κ1) is 13.6. The molecule has 1 amide bonds. The van der Waals surface area contributed by atoms with Crippen LogP contribution in [0.2, 0.25) is 0 Å². The van der Waals surface area contributed by atoms with Crippen LogP contribution in [0.3, 0.4) is 0 Å². The van der Waals surface area contributed by atoms with Gasteiger partial charge in [-0.1, -0.05) is 13.3 Å². The predicted octanol–water partition coefficient (Wildman–Crippen LogP) is 1.65. The molecule has 4 heteroatoms. The Kier molecular flexibility index (Phi) is 6.25. The fourth-order valence-electron chi connectivity index (χ4n) is 1.48. The van der Waals surface area contributed by atoms with E-state index in [2.05, 4.69) is 22.5 Å². The zero-order valence-corrected chi connectivity index (χ0v) is 10.6. The van der Waals surface area contributed by atoms with Gasteiger partial charge in [0, 0.05) is 25.0 Å². The second-order valence-electron chi connectivity index (χ2n) is 4.09. The molecule has 1 atom stereocenters. The molecule has 0 bridgehead atoms. The molecule has 1 heterocycles. The molecule has 0 saturated carbocycles. The third kappa shape index (κ3) is 5.45. The average molecular weight is 235 g/mol. The highest BCUT2D eigenvalue weighted by atomic mass is 16.1. The number of hydrogen-bond donors (Lipinski definition) is 2. The summed E-state index contributed by atoms with van der Waals surface area (Å²) < 4.78 is 0. The van der Waals surface area contributed by atoms with Gasteiger partial charge < -0.3 is 10.6 Å². The maximum atomic E-state index is 11.5. The van der Waals surface area contributed by atoms with Crippen molar-refractivity contribution in [2.45, 2.75) is 32.7 Å². The third-order valence-electron chi connectivity index (χ3n) is 2.63. The minimum Gasteiger partial charge on any atom is -0.355 e. The Morgan fingerprint density at radius 2 is 2.12 bits per heavy atom. The summed E-state index contributed by atoms with van der Waals surface area (Å²) in [6.07, 6.45) is 5.65. The number of pyridine rings is 1. The van der Waals surface area contributed by atoms with Crippen LogP contribution in [0.15, 0.2) is 24.5 Å². The summed E-state index contributed by atoms with van der Waals surface area (Å²) in [5.74, 6) is 0.0550. The van der Waals surface area contributed by atoms with Crippen LogP contribution in [0.4, 0.5) is 0 Å². The molecular formula is C13H21N3O. The van der Waals surface area contributed by atoms with Crippen LogP contribution in [0.25, 0.3) is 0 Å². The maximum absolute atomic E-state index is 11.5. The molecule has 2 N–H and O–H groups in total. The molecule has 0 aliphatic carbocycles. The summed E-state index contributed by atoms with van der Waals surface area (Å²) in [6.45, 7) is 5.26. The highest BCUT2D eigenvalue weighted by Crippen LogP contribution is 2.09. The van der Waals surface area contributed by atoms with Crippen molar-refractivity contribution < 1.29 is 4.79 Å². The van der Waals surface area contributed by atoms with Crippen molar-refractivity contribution in [2.75, 3.05) is 13.1 Å². The molecule has 0 saturated heterocycles. The summed E-state index contributed by atoms with van der Waals surface area (Å²) >= 11 is 0. The summed E-state index contributed by atoms with van der Waals surface area (Å²) in [5.41, 5.74) is 1.14. The normalized spacial score (nSPS) is 12.1. The standard InChI is InChI=1S/C13H21N3O/c1-3-4-7-15-13(17)10-16-11(2)12-5-8-14-9-6-12/h5-6,8-9,11,16H,3-4,7,10H2,1-2H3,(H,15,17)/t11-/m0/s1. The number of carbonyl (C=O) groups excluding carboxylic acids is 1. The van der Waals surface area contributed by atoms with E-state index in [0.717, 1.165) is 24.9 Å². The van der Waals surface area contributed by atoms with E-state index in [9.17, 15) is 4.79 Å². The number of amides is 1. The minimum absolute atomic E-state index is 0.0550. The highest BCUT2D eigenvalue weighted by Gasteiger charge is 2.06. The van der Waals surface area contributed by atoms with E-state index in [1.165, 1.54) is 0 Å². The first-order valence-corrected chi connectivity index (χ1v) is 6.14. The highest BCUT2D eigenvalue weighted by molar-refractivity contribution is 5.77. The number of rotatable bonds is 7. The Morgan fingerprint density at radius 1 is 1.41 bits per heavy atom. The monoisotopic (exact) mass is 235 g/mol. The van der Waals surface area contributed by atoms with Gasteiger partial charge in [-0.2, -0.15) is 0 Å². The molecule has 0 spiro atoms. The summed E-state index contributed by atoms with van der Waals surface area (Å²) in [6, 6.07) is 4.06. The van der Waals surface area contributed by atoms with Crippen LogP contribution in [0.5, 0.6) is 0 Å². The van der Waals surface area contributed by atoms with E-state index in [-0.39, 0.29) is 11.9 Å². The van der Waals surface area contributed by atoms with Gasteiger partial charge in [0.1, 0.15) is 0 Å². The van der Waals surface area contributed by atoms with Gasteiger partial charge in [0.05, 0.1) is 6.54 Å². The lowest BCUT2D eigenvalue weighted by atomic mass is 10.1. The molecule has 0 aliphatic heterocycles. The van der Waals surface area contributed by atoms with E-state index < -0.39 is 0 Å². The molecular weight excluding hydrogens is 214 g/mol. The molecule has 0 aliphatic rings. The van der Waals surface area contributed by atoms with E-state index in [1.54, 1.807) is 12.4 Å². The second-order valence-corrected chi connectivity index (χ2v) is 4.09. The van der Waals surface area contributed by atoms with E-state index >= 15 is 0 Å². The summed E-state index contributed by atoms with van der Waals surface area (Å²) in [7, 11) is 0. The predicted molar refractivity (Wildman–Crippen MR) is 68.6 cm³/mol. The molecule has 94 valence electrons. The lowest BCUT2D eigenvalue weighted by molar-refractivity contribution is -0.120. The van der Waals surface area contributed by atoms with E-state index in [0.29, 0.717) is 6.54 Å². The molecule has 17 heavy (non-hydrogen) atoms. The Bertz CT molecular complexity index is 327.